The van der Waals surface area contributed by atoms with Crippen molar-refractivity contribution in [3.05, 3.63) is 29.5 Å². The third-order valence-electron chi connectivity index (χ3n) is 4.04. The van der Waals surface area contributed by atoms with Crippen LogP contribution in [0, 0.1) is 0 Å². The summed E-state index contributed by atoms with van der Waals surface area (Å²) in [6.07, 6.45) is 2.22. The summed E-state index contributed by atoms with van der Waals surface area (Å²) in [4.78, 5) is 17.4. The van der Waals surface area contributed by atoms with Crippen LogP contribution in [0.5, 0.6) is 0 Å². The average molecular weight is 348 g/mol. The number of rotatable bonds is 8. The standard InChI is InChI=1S/C18H26ClN5/c1-5-8-13-23(4)18-21-16(20-17(19)22-18)14-9-11-15(12-10-14)24(6-2)7-3/h9-12H,5-8,13H2,1-4H3. The molecule has 5 nitrogen and oxygen atoms in total. The maximum Gasteiger partial charge on any atom is 0.229 e. The lowest BCUT2D eigenvalue weighted by Crippen LogP contribution is -2.22. The average Bonchev–Trinajstić information content (AvgIpc) is 2.60. The molecule has 0 radical (unpaired) electrons. The molecule has 0 aliphatic rings. The van der Waals surface area contributed by atoms with Crippen molar-refractivity contribution >= 4 is 23.2 Å². The van der Waals surface area contributed by atoms with Gasteiger partial charge in [0.1, 0.15) is 0 Å². The molecule has 1 aromatic carbocycles. The van der Waals surface area contributed by atoms with E-state index in [2.05, 4.69) is 52.8 Å². The molecule has 0 aliphatic heterocycles. The second-order valence-electron chi connectivity index (χ2n) is 5.72. The second kappa shape index (κ2) is 8.83. The number of unbranched alkanes of at least 4 members (excludes halogenated alkanes) is 1. The van der Waals surface area contributed by atoms with E-state index in [0.717, 1.165) is 38.0 Å². The second-order valence-corrected chi connectivity index (χ2v) is 6.06. The molecule has 0 bridgehead atoms. The third-order valence-corrected chi connectivity index (χ3v) is 4.21. The number of benzene rings is 1. The van der Waals surface area contributed by atoms with Crippen LogP contribution in [0.1, 0.15) is 33.6 Å². The molecule has 0 spiro atoms. The van der Waals surface area contributed by atoms with E-state index < -0.39 is 0 Å². The topological polar surface area (TPSA) is 45.2 Å². The van der Waals surface area contributed by atoms with E-state index in [1.54, 1.807) is 0 Å². The molecule has 130 valence electrons. The molecule has 0 amide bonds. The molecule has 0 saturated heterocycles. The molecule has 6 heteroatoms. The first-order valence-electron chi connectivity index (χ1n) is 8.57. The van der Waals surface area contributed by atoms with Crippen molar-refractivity contribution in [3.8, 4) is 11.4 Å². The Kier molecular flexibility index (Phi) is 6.79. The van der Waals surface area contributed by atoms with Crippen LogP contribution in [0.2, 0.25) is 5.28 Å². The third kappa shape index (κ3) is 4.57. The van der Waals surface area contributed by atoms with Gasteiger partial charge in [-0.2, -0.15) is 15.0 Å². The predicted molar refractivity (Wildman–Crippen MR) is 102 cm³/mol. The summed E-state index contributed by atoms with van der Waals surface area (Å²) < 4.78 is 0. The fraction of sp³-hybridized carbons (Fsp3) is 0.500. The highest BCUT2D eigenvalue weighted by atomic mass is 35.5. The minimum Gasteiger partial charge on any atom is -0.372 e. The first-order chi connectivity index (χ1) is 11.6. The smallest absolute Gasteiger partial charge is 0.229 e. The van der Waals surface area contributed by atoms with Gasteiger partial charge >= 0.3 is 0 Å². The zero-order valence-corrected chi connectivity index (χ0v) is 15.7. The van der Waals surface area contributed by atoms with Crippen molar-refractivity contribution in [1.82, 2.24) is 15.0 Å². The summed E-state index contributed by atoms with van der Waals surface area (Å²) in [5.41, 5.74) is 2.14. The van der Waals surface area contributed by atoms with Crippen LogP contribution >= 0.6 is 11.6 Å². The van der Waals surface area contributed by atoms with E-state index in [0.29, 0.717) is 11.8 Å². The van der Waals surface area contributed by atoms with Gasteiger partial charge in [-0.25, -0.2) is 0 Å². The van der Waals surface area contributed by atoms with Crippen LogP contribution in [0.4, 0.5) is 11.6 Å². The summed E-state index contributed by atoms with van der Waals surface area (Å²) in [7, 11) is 1.98. The van der Waals surface area contributed by atoms with E-state index >= 15 is 0 Å². The van der Waals surface area contributed by atoms with Crippen molar-refractivity contribution in [2.45, 2.75) is 33.6 Å². The summed E-state index contributed by atoms with van der Waals surface area (Å²) in [5.74, 6) is 1.23. The Hall–Kier alpha value is -1.88. The minimum atomic E-state index is 0.228. The van der Waals surface area contributed by atoms with Crippen molar-refractivity contribution in [2.75, 3.05) is 36.5 Å². The Bertz CT molecular complexity index is 640. The molecular formula is C18H26ClN5. The fourth-order valence-electron chi connectivity index (χ4n) is 2.54. The van der Waals surface area contributed by atoms with Gasteiger partial charge in [-0.05, 0) is 56.1 Å². The van der Waals surface area contributed by atoms with Crippen molar-refractivity contribution in [3.63, 3.8) is 0 Å². The highest BCUT2D eigenvalue weighted by Gasteiger charge is 2.11. The number of halogens is 1. The van der Waals surface area contributed by atoms with Crippen molar-refractivity contribution in [1.29, 1.82) is 0 Å². The highest BCUT2D eigenvalue weighted by Crippen LogP contribution is 2.23. The lowest BCUT2D eigenvalue weighted by atomic mass is 10.2. The number of anilines is 2. The van der Waals surface area contributed by atoms with Gasteiger partial charge in [-0.15, -0.1) is 0 Å². The maximum atomic E-state index is 6.11. The van der Waals surface area contributed by atoms with E-state index in [-0.39, 0.29) is 5.28 Å². The van der Waals surface area contributed by atoms with E-state index in [1.165, 1.54) is 5.69 Å². The Morgan fingerprint density at radius 1 is 0.958 bits per heavy atom. The van der Waals surface area contributed by atoms with Gasteiger partial charge in [-0.3, -0.25) is 0 Å². The van der Waals surface area contributed by atoms with Gasteiger partial charge in [0, 0.05) is 37.9 Å². The summed E-state index contributed by atoms with van der Waals surface area (Å²) in [5, 5.41) is 0.228. The SMILES string of the molecule is CCCCN(C)c1nc(Cl)nc(-c2ccc(N(CC)CC)cc2)n1. The zero-order chi connectivity index (χ0) is 17.5. The Morgan fingerprint density at radius 2 is 1.62 bits per heavy atom. The molecular weight excluding hydrogens is 322 g/mol. The quantitative estimate of drug-likeness (QED) is 0.713. The molecule has 2 aromatic rings. The minimum absolute atomic E-state index is 0.228. The lowest BCUT2D eigenvalue weighted by molar-refractivity contribution is 0.747. The number of hydrogen-bond donors (Lipinski definition) is 0. The van der Waals surface area contributed by atoms with Gasteiger partial charge in [-0.1, -0.05) is 13.3 Å². The molecule has 1 aromatic heterocycles. The van der Waals surface area contributed by atoms with Crippen LogP contribution < -0.4 is 9.80 Å². The summed E-state index contributed by atoms with van der Waals surface area (Å²) in [6, 6.07) is 8.27. The summed E-state index contributed by atoms with van der Waals surface area (Å²) >= 11 is 6.11. The molecule has 0 saturated carbocycles. The predicted octanol–water partition coefficient (Wildman–Crippen LogP) is 4.27. The van der Waals surface area contributed by atoms with E-state index in [9.17, 15) is 0 Å². The van der Waals surface area contributed by atoms with E-state index in [1.807, 2.05) is 24.1 Å². The molecule has 0 unspecified atom stereocenters. The van der Waals surface area contributed by atoms with E-state index in [4.69, 9.17) is 11.6 Å². The van der Waals surface area contributed by atoms with Gasteiger partial charge < -0.3 is 9.80 Å². The normalized spacial score (nSPS) is 10.7. The number of aromatic nitrogens is 3. The van der Waals surface area contributed by atoms with Crippen LogP contribution in [0.15, 0.2) is 24.3 Å². The monoisotopic (exact) mass is 347 g/mol. The Labute approximate surface area is 149 Å². The van der Waals surface area contributed by atoms with Crippen LogP contribution in [-0.2, 0) is 0 Å². The molecule has 1 heterocycles. The lowest BCUT2D eigenvalue weighted by Gasteiger charge is -2.21. The zero-order valence-electron chi connectivity index (χ0n) is 15.0. The van der Waals surface area contributed by atoms with Gasteiger partial charge in [0.25, 0.3) is 0 Å². The molecule has 0 atom stereocenters. The molecule has 0 N–H and O–H groups in total. The Balaban J connectivity index is 2.26. The molecule has 0 fully saturated rings. The molecule has 2 rings (SSSR count). The highest BCUT2D eigenvalue weighted by molar-refractivity contribution is 6.28. The van der Waals surface area contributed by atoms with Crippen molar-refractivity contribution < 1.29 is 0 Å². The molecule has 0 aliphatic carbocycles. The molecule has 24 heavy (non-hydrogen) atoms. The van der Waals surface area contributed by atoms with Gasteiger partial charge in [0.2, 0.25) is 11.2 Å². The van der Waals surface area contributed by atoms with Crippen molar-refractivity contribution in [2.24, 2.45) is 0 Å². The maximum absolute atomic E-state index is 6.11. The summed E-state index contributed by atoms with van der Waals surface area (Å²) in [6.45, 7) is 9.34. The largest absolute Gasteiger partial charge is 0.372 e. The van der Waals surface area contributed by atoms with Crippen LogP contribution in [0.3, 0.4) is 0 Å². The Morgan fingerprint density at radius 3 is 2.21 bits per heavy atom. The number of nitrogens with zero attached hydrogens (tertiary/aromatic N) is 5. The van der Waals surface area contributed by atoms with Crippen LogP contribution in [0.25, 0.3) is 11.4 Å². The number of hydrogen-bond acceptors (Lipinski definition) is 5. The van der Waals surface area contributed by atoms with Gasteiger partial charge in [0.05, 0.1) is 0 Å². The van der Waals surface area contributed by atoms with Gasteiger partial charge in [0.15, 0.2) is 5.82 Å². The first-order valence-corrected chi connectivity index (χ1v) is 8.94. The van der Waals surface area contributed by atoms with Crippen LogP contribution in [-0.4, -0.2) is 41.6 Å². The first kappa shape index (κ1) is 18.5. The fourth-order valence-corrected chi connectivity index (χ4v) is 2.70.